The van der Waals surface area contributed by atoms with Crippen LogP contribution in [0.25, 0.3) is 11.4 Å². The molecule has 1 N–H and O–H groups in total. The Morgan fingerprint density at radius 1 is 1.29 bits per heavy atom. The molecule has 0 aliphatic rings. The molecule has 0 saturated heterocycles. The Balaban J connectivity index is 1.94. The number of carbonyl (C=O) groups excluding carboxylic acids is 1. The van der Waals surface area contributed by atoms with Gasteiger partial charge in [-0.05, 0) is 29.7 Å². The highest BCUT2D eigenvalue weighted by Crippen LogP contribution is 2.19. The first kappa shape index (κ1) is 15.5. The van der Waals surface area contributed by atoms with E-state index in [1.54, 1.807) is 12.1 Å². The van der Waals surface area contributed by atoms with Crippen molar-refractivity contribution in [2.45, 2.75) is 33.7 Å². The summed E-state index contributed by atoms with van der Waals surface area (Å²) in [6.07, 6.45) is 0.450. The lowest BCUT2D eigenvalue weighted by Crippen LogP contribution is -2.27. The normalized spacial score (nSPS) is 11.4. The van der Waals surface area contributed by atoms with Gasteiger partial charge in [0.1, 0.15) is 0 Å². The summed E-state index contributed by atoms with van der Waals surface area (Å²) in [5.41, 5.74) is 0.767. The highest BCUT2D eigenvalue weighted by molar-refractivity contribution is 6.30. The molecule has 0 spiro atoms. The Morgan fingerprint density at radius 3 is 2.57 bits per heavy atom. The fraction of sp³-hybridized carbons (Fsp3) is 0.400. The van der Waals surface area contributed by atoms with Gasteiger partial charge in [0, 0.05) is 17.0 Å². The van der Waals surface area contributed by atoms with Crippen molar-refractivity contribution >= 4 is 17.5 Å². The van der Waals surface area contributed by atoms with Crippen LogP contribution in [0, 0.1) is 5.41 Å². The zero-order valence-electron chi connectivity index (χ0n) is 12.3. The second-order valence-corrected chi connectivity index (χ2v) is 6.47. The fourth-order valence-corrected chi connectivity index (χ4v) is 1.89. The number of carbonyl (C=O) groups is 1. The van der Waals surface area contributed by atoms with Crippen LogP contribution in [0.5, 0.6) is 0 Å². The Hall–Kier alpha value is -1.88. The van der Waals surface area contributed by atoms with Gasteiger partial charge in [0.2, 0.25) is 17.6 Å². The maximum Gasteiger partial charge on any atom is 0.246 e. The molecule has 0 aliphatic heterocycles. The molecule has 21 heavy (non-hydrogen) atoms. The second-order valence-electron chi connectivity index (χ2n) is 6.03. The van der Waals surface area contributed by atoms with E-state index >= 15 is 0 Å². The molecular formula is C15H18ClN3O2. The smallest absolute Gasteiger partial charge is 0.246 e. The molecule has 2 rings (SSSR count). The molecule has 1 aromatic heterocycles. The molecule has 0 bridgehead atoms. The summed E-state index contributed by atoms with van der Waals surface area (Å²) < 4.78 is 5.12. The quantitative estimate of drug-likeness (QED) is 0.939. The van der Waals surface area contributed by atoms with Gasteiger partial charge >= 0.3 is 0 Å². The van der Waals surface area contributed by atoms with E-state index in [4.69, 9.17) is 16.1 Å². The second kappa shape index (κ2) is 6.26. The van der Waals surface area contributed by atoms with Crippen molar-refractivity contribution in [1.29, 1.82) is 0 Å². The molecule has 6 heteroatoms. The maximum atomic E-state index is 11.7. The summed E-state index contributed by atoms with van der Waals surface area (Å²) >= 11 is 5.83. The number of amides is 1. The number of hydrogen-bond acceptors (Lipinski definition) is 4. The van der Waals surface area contributed by atoms with Crippen LogP contribution in [-0.4, -0.2) is 16.0 Å². The molecule has 1 heterocycles. The first-order valence-corrected chi connectivity index (χ1v) is 7.06. The SMILES string of the molecule is CC(C)(C)CC(=O)NCc1nc(-c2ccc(Cl)cc2)no1. The van der Waals surface area contributed by atoms with Crippen molar-refractivity contribution in [3.8, 4) is 11.4 Å². The number of halogens is 1. The van der Waals surface area contributed by atoms with Crippen LogP contribution < -0.4 is 5.32 Å². The topological polar surface area (TPSA) is 68.0 Å². The van der Waals surface area contributed by atoms with Crippen LogP contribution in [0.15, 0.2) is 28.8 Å². The molecule has 1 aromatic carbocycles. The molecule has 1 amide bonds. The Labute approximate surface area is 128 Å². The van der Waals surface area contributed by atoms with E-state index < -0.39 is 0 Å². The predicted molar refractivity (Wildman–Crippen MR) is 80.7 cm³/mol. The maximum absolute atomic E-state index is 11.7. The molecular weight excluding hydrogens is 290 g/mol. The lowest BCUT2D eigenvalue weighted by Gasteiger charge is -2.16. The number of nitrogens with zero attached hydrogens (tertiary/aromatic N) is 2. The van der Waals surface area contributed by atoms with Crippen LogP contribution in [0.4, 0.5) is 0 Å². The van der Waals surface area contributed by atoms with Crippen molar-refractivity contribution in [1.82, 2.24) is 15.5 Å². The Bertz CT molecular complexity index is 615. The van der Waals surface area contributed by atoms with Crippen molar-refractivity contribution in [2.75, 3.05) is 0 Å². The minimum absolute atomic E-state index is 0.0336. The van der Waals surface area contributed by atoms with Crippen LogP contribution in [0.3, 0.4) is 0 Å². The van der Waals surface area contributed by atoms with E-state index in [1.807, 2.05) is 32.9 Å². The van der Waals surface area contributed by atoms with E-state index in [2.05, 4.69) is 15.5 Å². The third-order valence-electron chi connectivity index (χ3n) is 2.70. The third-order valence-corrected chi connectivity index (χ3v) is 2.95. The number of nitrogens with one attached hydrogen (secondary N) is 1. The van der Waals surface area contributed by atoms with Crippen molar-refractivity contribution in [2.24, 2.45) is 5.41 Å². The minimum Gasteiger partial charge on any atom is -0.347 e. The summed E-state index contributed by atoms with van der Waals surface area (Å²) in [4.78, 5) is 16.0. The summed E-state index contributed by atoms with van der Waals surface area (Å²) in [6.45, 7) is 6.27. The molecule has 0 atom stereocenters. The monoisotopic (exact) mass is 307 g/mol. The van der Waals surface area contributed by atoms with Gasteiger partial charge < -0.3 is 9.84 Å². The van der Waals surface area contributed by atoms with Gasteiger partial charge in [-0.2, -0.15) is 4.98 Å². The molecule has 112 valence electrons. The lowest BCUT2D eigenvalue weighted by atomic mass is 9.92. The highest BCUT2D eigenvalue weighted by Gasteiger charge is 2.16. The van der Waals surface area contributed by atoms with Crippen LogP contribution in [0.2, 0.25) is 5.02 Å². The zero-order chi connectivity index (χ0) is 15.5. The van der Waals surface area contributed by atoms with Crippen LogP contribution in [-0.2, 0) is 11.3 Å². The number of hydrogen-bond donors (Lipinski definition) is 1. The minimum atomic E-state index is -0.0482. The molecule has 0 aliphatic carbocycles. The average molecular weight is 308 g/mol. The van der Waals surface area contributed by atoms with Gasteiger partial charge in [-0.25, -0.2) is 0 Å². The van der Waals surface area contributed by atoms with Gasteiger partial charge in [-0.15, -0.1) is 0 Å². The van der Waals surface area contributed by atoms with Crippen molar-refractivity contribution < 1.29 is 9.32 Å². The highest BCUT2D eigenvalue weighted by atomic mass is 35.5. The van der Waals surface area contributed by atoms with E-state index in [9.17, 15) is 4.79 Å². The largest absolute Gasteiger partial charge is 0.347 e. The van der Waals surface area contributed by atoms with E-state index in [0.717, 1.165) is 5.56 Å². The number of aromatic nitrogens is 2. The summed E-state index contributed by atoms with van der Waals surface area (Å²) in [5.74, 6) is 0.822. The predicted octanol–water partition coefficient (Wildman–Crippen LogP) is 3.44. The van der Waals surface area contributed by atoms with E-state index in [-0.39, 0.29) is 17.9 Å². The standard InChI is InChI=1S/C15H18ClN3O2/c1-15(2,3)8-12(20)17-9-13-18-14(19-21-13)10-4-6-11(16)7-5-10/h4-7H,8-9H2,1-3H3,(H,17,20). The van der Waals surface area contributed by atoms with Crippen molar-refractivity contribution in [3.63, 3.8) is 0 Å². The zero-order valence-corrected chi connectivity index (χ0v) is 13.1. The molecule has 2 aromatic rings. The van der Waals surface area contributed by atoms with E-state index in [1.165, 1.54) is 0 Å². The third kappa shape index (κ3) is 4.86. The first-order chi connectivity index (χ1) is 9.83. The molecule has 0 saturated carbocycles. The van der Waals surface area contributed by atoms with E-state index in [0.29, 0.717) is 23.2 Å². The van der Waals surface area contributed by atoms with Crippen LogP contribution >= 0.6 is 11.6 Å². The van der Waals surface area contributed by atoms with Gasteiger partial charge in [-0.1, -0.05) is 37.5 Å². The molecule has 0 fully saturated rings. The van der Waals surface area contributed by atoms with Gasteiger partial charge in [0.15, 0.2) is 0 Å². The van der Waals surface area contributed by atoms with Crippen molar-refractivity contribution in [3.05, 3.63) is 35.2 Å². The Kier molecular flexibility index (Phi) is 4.63. The van der Waals surface area contributed by atoms with Gasteiger partial charge in [0.05, 0.1) is 6.54 Å². The van der Waals surface area contributed by atoms with Crippen LogP contribution in [0.1, 0.15) is 33.1 Å². The van der Waals surface area contributed by atoms with Gasteiger partial charge in [0.25, 0.3) is 0 Å². The molecule has 0 unspecified atom stereocenters. The van der Waals surface area contributed by atoms with Gasteiger partial charge in [-0.3, -0.25) is 4.79 Å². The Morgan fingerprint density at radius 2 is 1.95 bits per heavy atom. The fourth-order valence-electron chi connectivity index (χ4n) is 1.76. The summed E-state index contributed by atoms with van der Waals surface area (Å²) in [6, 6.07) is 7.15. The summed E-state index contributed by atoms with van der Waals surface area (Å²) in [5, 5.41) is 7.31. The first-order valence-electron chi connectivity index (χ1n) is 6.69. The number of benzene rings is 1. The summed E-state index contributed by atoms with van der Waals surface area (Å²) in [7, 11) is 0. The lowest BCUT2D eigenvalue weighted by molar-refractivity contribution is -0.123. The molecule has 0 radical (unpaired) electrons. The molecule has 5 nitrogen and oxygen atoms in total. The average Bonchev–Trinajstić information content (AvgIpc) is 2.84. The number of rotatable bonds is 4.